The van der Waals surface area contributed by atoms with E-state index in [1.54, 1.807) is 19.0 Å². The number of carbonyl (C=O) groups excluding carboxylic acids is 1. The number of amides is 1. The fourth-order valence-electron chi connectivity index (χ4n) is 2.87. The first-order valence-corrected chi connectivity index (χ1v) is 7.51. The average molecular weight is 284 g/mol. The molecule has 0 saturated heterocycles. The number of nitrogens with zero attached hydrogens (tertiary/aromatic N) is 1. The van der Waals surface area contributed by atoms with Crippen LogP contribution in [0.1, 0.15) is 46.0 Å². The van der Waals surface area contributed by atoms with Gasteiger partial charge in [-0.15, -0.1) is 0 Å². The summed E-state index contributed by atoms with van der Waals surface area (Å²) in [4.78, 5) is 24.9. The van der Waals surface area contributed by atoms with Gasteiger partial charge in [0.05, 0.1) is 12.0 Å². The topological polar surface area (TPSA) is 69.6 Å². The predicted molar refractivity (Wildman–Crippen MR) is 78.5 cm³/mol. The normalized spacial score (nSPS) is 24.4. The molecule has 5 heteroatoms. The number of carbonyl (C=O) groups is 2. The molecule has 1 aliphatic rings. The zero-order chi connectivity index (χ0) is 15.3. The Morgan fingerprint density at radius 3 is 2.45 bits per heavy atom. The molecule has 1 aliphatic carbocycles. The molecule has 0 aromatic carbocycles. The molecular weight excluding hydrogens is 256 g/mol. The van der Waals surface area contributed by atoms with E-state index in [-0.39, 0.29) is 23.9 Å². The van der Waals surface area contributed by atoms with Crippen molar-refractivity contribution in [3.8, 4) is 0 Å². The molecular formula is C15H28N2O3. The first kappa shape index (κ1) is 17.0. The van der Waals surface area contributed by atoms with Crippen molar-refractivity contribution in [2.24, 2.45) is 11.8 Å². The third kappa shape index (κ3) is 5.12. The predicted octanol–water partition coefficient (Wildman–Crippen LogP) is 1.72. The number of likely N-dealkylation sites (N-methyl/N-ethyl adjacent to an activating group) is 1. The summed E-state index contributed by atoms with van der Waals surface area (Å²) in [6.45, 7) is 4.19. The molecule has 0 bridgehead atoms. The second-order valence-corrected chi connectivity index (χ2v) is 6.48. The van der Waals surface area contributed by atoms with Crippen molar-refractivity contribution in [1.29, 1.82) is 0 Å². The van der Waals surface area contributed by atoms with Crippen LogP contribution in [-0.2, 0) is 9.59 Å². The quantitative estimate of drug-likeness (QED) is 0.779. The van der Waals surface area contributed by atoms with Crippen LogP contribution in [0.5, 0.6) is 0 Å². The Morgan fingerprint density at radius 2 is 1.95 bits per heavy atom. The van der Waals surface area contributed by atoms with Crippen molar-refractivity contribution < 1.29 is 14.7 Å². The molecule has 116 valence electrons. The van der Waals surface area contributed by atoms with Crippen molar-refractivity contribution in [3.05, 3.63) is 0 Å². The summed E-state index contributed by atoms with van der Waals surface area (Å²) in [5.41, 5.74) is 0. The summed E-state index contributed by atoms with van der Waals surface area (Å²) >= 11 is 0. The summed E-state index contributed by atoms with van der Waals surface area (Å²) in [7, 11) is 3.52. The van der Waals surface area contributed by atoms with E-state index in [0.29, 0.717) is 12.3 Å². The van der Waals surface area contributed by atoms with Gasteiger partial charge in [-0.1, -0.05) is 20.3 Å². The van der Waals surface area contributed by atoms with E-state index in [9.17, 15) is 9.59 Å². The number of hydrogen-bond donors (Lipinski definition) is 2. The maximum absolute atomic E-state index is 12.2. The lowest BCUT2D eigenvalue weighted by Crippen LogP contribution is -2.50. The fourth-order valence-corrected chi connectivity index (χ4v) is 2.87. The highest BCUT2D eigenvalue weighted by atomic mass is 16.4. The molecule has 3 unspecified atom stereocenters. The number of hydrogen-bond acceptors (Lipinski definition) is 3. The third-order valence-corrected chi connectivity index (χ3v) is 3.91. The van der Waals surface area contributed by atoms with Gasteiger partial charge in [0, 0.05) is 20.1 Å². The Morgan fingerprint density at radius 1 is 1.30 bits per heavy atom. The van der Waals surface area contributed by atoms with Gasteiger partial charge in [0.1, 0.15) is 0 Å². The Kier molecular flexibility index (Phi) is 6.46. The minimum absolute atomic E-state index is 0.0798. The van der Waals surface area contributed by atoms with E-state index >= 15 is 0 Å². The summed E-state index contributed by atoms with van der Waals surface area (Å²) in [6.07, 6.45) is 4.04. The number of nitrogens with one attached hydrogen (secondary N) is 1. The van der Waals surface area contributed by atoms with Crippen molar-refractivity contribution in [3.63, 3.8) is 0 Å². The maximum Gasteiger partial charge on any atom is 0.306 e. The van der Waals surface area contributed by atoms with E-state index in [1.807, 2.05) is 0 Å². The van der Waals surface area contributed by atoms with Crippen LogP contribution in [-0.4, -0.2) is 48.1 Å². The minimum atomic E-state index is -0.712. The second kappa shape index (κ2) is 7.62. The Labute approximate surface area is 121 Å². The van der Waals surface area contributed by atoms with E-state index in [4.69, 9.17) is 5.11 Å². The monoisotopic (exact) mass is 284 g/mol. The summed E-state index contributed by atoms with van der Waals surface area (Å²) in [5, 5.41) is 12.5. The van der Waals surface area contributed by atoms with Crippen LogP contribution in [0.3, 0.4) is 0 Å². The van der Waals surface area contributed by atoms with Crippen LogP contribution in [0.15, 0.2) is 0 Å². The van der Waals surface area contributed by atoms with E-state index in [0.717, 1.165) is 25.7 Å². The summed E-state index contributed by atoms with van der Waals surface area (Å²) in [6, 6.07) is -0.0694. The summed E-state index contributed by atoms with van der Waals surface area (Å²) in [5.74, 6) is -0.474. The SMILES string of the molecule is CC(C)CC(NC1CCCC(C(=O)O)C1)C(=O)N(C)C. The number of rotatable bonds is 6. The van der Waals surface area contributed by atoms with Gasteiger partial charge >= 0.3 is 5.97 Å². The maximum atomic E-state index is 12.2. The van der Waals surface area contributed by atoms with Gasteiger partial charge in [0.2, 0.25) is 5.91 Å². The molecule has 1 fully saturated rings. The highest BCUT2D eigenvalue weighted by molar-refractivity contribution is 5.81. The average Bonchev–Trinajstić information content (AvgIpc) is 2.36. The Bertz CT molecular complexity index is 342. The number of aliphatic carboxylic acids is 1. The van der Waals surface area contributed by atoms with Gasteiger partial charge in [-0.3, -0.25) is 9.59 Å². The first-order chi connectivity index (χ1) is 9.31. The zero-order valence-corrected chi connectivity index (χ0v) is 13.1. The minimum Gasteiger partial charge on any atom is -0.481 e. The lowest BCUT2D eigenvalue weighted by atomic mass is 9.85. The smallest absolute Gasteiger partial charge is 0.306 e. The molecule has 1 rings (SSSR count). The molecule has 0 heterocycles. The molecule has 0 aromatic rings. The second-order valence-electron chi connectivity index (χ2n) is 6.48. The summed E-state index contributed by atoms with van der Waals surface area (Å²) < 4.78 is 0. The largest absolute Gasteiger partial charge is 0.481 e. The molecule has 0 aromatic heterocycles. The lowest BCUT2D eigenvalue weighted by molar-refractivity contribution is -0.143. The molecule has 5 nitrogen and oxygen atoms in total. The lowest BCUT2D eigenvalue weighted by Gasteiger charge is -2.32. The standard InChI is InChI=1S/C15H28N2O3/c1-10(2)8-13(14(18)17(3)4)16-12-7-5-6-11(9-12)15(19)20/h10-13,16H,5-9H2,1-4H3,(H,19,20). The van der Waals surface area contributed by atoms with E-state index in [2.05, 4.69) is 19.2 Å². The van der Waals surface area contributed by atoms with Crippen LogP contribution in [0.25, 0.3) is 0 Å². The molecule has 0 spiro atoms. The van der Waals surface area contributed by atoms with Crippen molar-refractivity contribution in [2.45, 2.75) is 58.0 Å². The Balaban J connectivity index is 2.64. The van der Waals surface area contributed by atoms with Gasteiger partial charge in [-0.2, -0.15) is 0 Å². The number of carboxylic acids is 1. The van der Waals surface area contributed by atoms with E-state index < -0.39 is 5.97 Å². The Hall–Kier alpha value is -1.10. The molecule has 0 aliphatic heterocycles. The molecule has 0 radical (unpaired) electrons. The fraction of sp³-hybridized carbons (Fsp3) is 0.867. The van der Waals surface area contributed by atoms with Gasteiger partial charge in [0.15, 0.2) is 0 Å². The highest BCUT2D eigenvalue weighted by Crippen LogP contribution is 2.25. The van der Waals surface area contributed by atoms with Crippen LogP contribution in [0.2, 0.25) is 0 Å². The molecule has 2 N–H and O–H groups in total. The van der Waals surface area contributed by atoms with Gasteiger partial charge in [-0.25, -0.2) is 0 Å². The van der Waals surface area contributed by atoms with Crippen molar-refractivity contribution in [1.82, 2.24) is 10.2 Å². The molecule has 20 heavy (non-hydrogen) atoms. The van der Waals surface area contributed by atoms with E-state index in [1.165, 1.54) is 0 Å². The third-order valence-electron chi connectivity index (χ3n) is 3.91. The van der Waals surface area contributed by atoms with Gasteiger partial charge in [-0.05, 0) is 31.6 Å². The molecule has 1 amide bonds. The number of carboxylic acid groups (broad SMARTS) is 1. The first-order valence-electron chi connectivity index (χ1n) is 7.51. The molecule has 1 saturated carbocycles. The molecule has 3 atom stereocenters. The van der Waals surface area contributed by atoms with Gasteiger partial charge in [0.25, 0.3) is 0 Å². The van der Waals surface area contributed by atoms with Crippen LogP contribution < -0.4 is 5.32 Å². The highest BCUT2D eigenvalue weighted by Gasteiger charge is 2.30. The van der Waals surface area contributed by atoms with Crippen LogP contribution >= 0.6 is 0 Å². The zero-order valence-electron chi connectivity index (χ0n) is 13.1. The van der Waals surface area contributed by atoms with Crippen LogP contribution in [0, 0.1) is 11.8 Å². The van der Waals surface area contributed by atoms with Crippen molar-refractivity contribution >= 4 is 11.9 Å². The van der Waals surface area contributed by atoms with Crippen molar-refractivity contribution in [2.75, 3.05) is 14.1 Å². The van der Waals surface area contributed by atoms with Crippen LogP contribution in [0.4, 0.5) is 0 Å². The van der Waals surface area contributed by atoms with Gasteiger partial charge < -0.3 is 15.3 Å².